The molecule has 3 aliphatic heterocycles. The van der Waals surface area contributed by atoms with Crippen LogP contribution in [0.2, 0.25) is 0 Å². The zero-order chi connectivity index (χ0) is 13.5. The van der Waals surface area contributed by atoms with Crippen LogP contribution in [0.3, 0.4) is 0 Å². The number of ether oxygens (including phenoxy) is 1. The van der Waals surface area contributed by atoms with Crippen LogP contribution in [0.1, 0.15) is 44.9 Å². The molecule has 3 aliphatic rings. The molecule has 2 bridgehead atoms. The normalized spacial score (nSPS) is 38.2. The van der Waals surface area contributed by atoms with Gasteiger partial charge in [0.1, 0.15) is 5.78 Å². The highest BCUT2D eigenvalue weighted by molar-refractivity contribution is 7.93. The van der Waals surface area contributed by atoms with Gasteiger partial charge in [0.25, 0.3) is 0 Å². The fourth-order valence-electron chi connectivity index (χ4n) is 3.87. The van der Waals surface area contributed by atoms with Gasteiger partial charge in [-0.25, -0.2) is 8.42 Å². The van der Waals surface area contributed by atoms with E-state index in [1.807, 2.05) is 0 Å². The van der Waals surface area contributed by atoms with Crippen molar-refractivity contribution in [2.75, 3.05) is 13.2 Å². The van der Waals surface area contributed by atoms with Crippen LogP contribution in [0.15, 0.2) is 0 Å². The Labute approximate surface area is 114 Å². The lowest BCUT2D eigenvalue weighted by Gasteiger charge is -2.29. The average Bonchev–Trinajstić information content (AvgIpc) is 2.59. The highest BCUT2D eigenvalue weighted by Crippen LogP contribution is 2.42. The summed E-state index contributed by atoms with van der Waals surface area (Å²) in [6, 6.07) is 0. The van der Waals surface area contributed by atoms with Crippen LogP contribution >= 0.6 is 0 Å². The summed E-state index contributed by atoms with van der Waals surface area (Å²) in [5.74, 6) is 0.764. The van der Waals surface area contributed by atoms with Crippen molar-refractivity contribution in [1.82, 2.24) is 0 Å². The van der Waals surface area contributed by atoms with Crippen LogP contribution in [-0.2, 0) is 19.4 Å². The minimum atomic E-state index is -2.90. The van der Waals surface area contributed by atoms with Gasteiger partial charge in [-0.1, -0.05) is 0 Å². The molecule has 0 N–H and O–H groups in total. The number of Topliss-reactive ketones (excluding diaryl/α,β-unsaturated/α-hetero) is 1. The van der Waals surface area contributed by atoms with E-state index < -0.39 is 9.84 Å². The van der Waals surface area contributed by atoms with E-state index in [0.29, 0.717) is 31.0 Å². The fourth-order valence-corrected chi connectivity index (χ4v) is 6.35. The van der Waals surface area contributed by atoms with Crippen molar-refractivity contribution < 1.29 is 17.9 Å². The molecule has 0 saturated carbocycles. The molecule has 0 radical (unpaired) electrons. The molecule has 0 aliphatic carbocycles. The highest BCUT2D eigenvalue weighted by atomic mass is 32.2. The predicted octanol–water partition coefficient (Wildman–Crippen LogP) is 1.73. The number of ketones is 1. The van der Waals surface area contributed by atoms with E-state index in [-0.39, 0.29) is 16.4 Å². The Bertz CT molecular complexity index is 430. The van der Waals surface area contributed by atoms with E-state index in [0.717, 1.165) is 38.9 Å². The lowest BCUT2D eigenvalue weighted by atomic mass is 9.86. The lowest BCUT2D eigenvalue weighted by Crippen LogP contribution is -2.36. The SMILES string of the molecule is O=C(CC1CCOCC1)C1CC2CCC(C1)S2(=O)=O. The molecule has 5 heteroatoms. The zero-order valence-electron chi connectivity index (χ0n) is 11.2. The maximum absolute atomic E-state index is 12.4. The van der Waals surface area contributed by atoms with Crippen molar-refractivity contribution >= 4 is 15.6 Å². The summed E-state index contributed by atoms with van der Waals surface area (Å²) in [6.45, 7) is 1.53. The van der Waals surface area contributed by atoms with Crippen molar-refractivity contribution in [3.05, 3.63) is 0 Å². The molecule has 3 rings (SSSR count). The number of sulfone groups is 1. The molecule has 0 amide bonds. The van der Waals surface area contributed by atoms with E-state index in [9.17, 15) is 13.2 Å². The minimum Gasteiger partial charge on any atom is -0.381 e. The van der Waals surface area contributed by atoms with Gasteiger partial charge in [-0.2, -0.15) is 0 Å². The van der Waals surface area contributed by atoms with Gasteiger partial charge < -0.3 is 4.74 Å². The molecule has 3 fully saturated rings. The first kappa shape index (κ1) is 13.6. The summed E-state index contributed by atoms with van der Waals surface area (Å²) in [5, 5.41) is -0.454. The third-order valence-corrected chi connectivity index (χ3v) is 7.84. The Hall–Kier alpha value is -0.420. The van der Waals surface area contributed by atoms with Gasteiger partial charge in [0.05, 0.1) is 10.5 Å². The summed E-state index contributed by atoms with van der Waals surface area (Å²) in [6.07, 6.45) is 5.30. The maximum Gasteiger partial charge on any atom is 0.156 e. The third-order valence-electron chi connectivity index (χ3n) is 5.12. The molecule has 2 atom stereocenters. The van der Waals surface area contributed by atoms with Gasteiger partial charge in [0, 0.05) is 25.6 Å². The van der Waals surface area contributed by atoms with Crippen molar-refractivity contribution in [1.29, 1.82) is 0 Å². The summed E-state index contributed by atoms with van der Waals surface area (Å²) in [4.78, 5) is 12.4. The van der Waals surface area contributed by atoms with Crippen LogP contribution < -0.4 is 0 Å². The summed E-state index contributed by atoms with van der Waals surface area (Å²) in [5.41, 5.74) is 0. The van der Waals surface area contributed by atoms with Gasteiger partial charge >= 0.3 is 0 Å². The van der Waals surface area contributed by atoms with Crippen LogP contribution in [0.5, 0.6) is 0 Å². The van der Waals surface area contributed by atoms with Gasteiger partial charge in [-0.05, 0) is 44.4 Å². The lowest BCUT2D eigenvalue weighted by molar-refractivity contribution is -0.124. The Morgan fingerprint density at radius 2 is 1.58 bits per heavy atom. The number of carbonyl (C=O) groups excluding carboxylic acids is 1. The molecular formula is C14H22O4S. The molecule has 3 saturated heterocycles. The van der Waals surface area contributed by atoms with Crippen LogP contribution in [0.4, 0.5) is 0 Å². The Balaban J connectivity index is 1.60. The average molecular weight is 286 g/mol. The molecule has 0 aromatic rings. The van der Waals surface area contributed by atoms with Gasteiger partial charge in [-0.15, -0.1) is 0 Å². The van der Waals surface area contributed by atoms with Gasteiger partial charge in [0.2, 0.25) is 0 Å². The number of rotatable bonds is 3. The largest absolute Gasteiger partial charge is 0.381 e. The molecule has 0 aromatic heterocycles. The molecule has 4 nitrogen and oxygen atoms in total. The first-order valence-electron chi connectivity index (χ1n) is 7.40. The van der Waals surface area contributed by atoms with E-state index in [1.54, 1.807) is 0 Å². The number of hydrogen-bond acceptors (Lipinski definition) is 4. The van der Waals surface area contributed by atoms with Gasteiger partial charge in [0.15, 0.2) is 9.84 Å². The maximum atomic E-state index is 12.4. The molecule has 108 valence electrons. The highest BCUT2D eigenvalue weighted by Gasteiger charge is 2.48. The van der Waals surface area contributed by atoms with E-state index in [2.05, 4.69) is 0 Å². The Kier molecular flexibility index (Phi) is 3.69. The summed E-state index contributed by atoms with van der Waals surface area (Å²) >= 11 is 0. The monoisotopic (exact) mass is 286 g/mol. The predicted molar refractivity (Wildman–Crippen MR) is 71.6 cm³/mol. The first-order chi connectivity index (χ1) is 9.07. The molecule has 3 heterocycles. The van der Waals surface area contributed by atoms with Crippen molar-refractivity contribution in [3.63, 3.8) is 0 Å². The smallest absolute Gasteiger partial charge is 0.156 e. The molecule has 0 spiro atoms. The zero-order valence-corrected chi connectivity index (χ0v) is 12.0. The second-order valence-corrected chi connectivity index (χ2v) is 8.82. The van der Waals surface area contributed by atoms with E-state index >= 15 is 0 Å². The van der Waals surface area contributed by atoms with E-state index in [4.69, 9.17) is 4.74 Å². The van der Waals surface area contributed by atoms with Crippen LogP contribution in [0, 0.1) is 11.8 Å². The van der Waals surface area contributed by atoms with E-state index in [1.165, 1.54) is 0 Å². The fraction of sp³-hybridized carbons (Fsp3) is 0.929. The molecule has 0 aromatic carbocycles. The molecule has 19 heavy (non-hydrogen) atoms. The quantitative estimate of drug-likeness (QED) is 0.792. The number of fused-ring (bicyclic) bond motifs is 2. The first-order valence-corrected chi connectivity index (χ1v) is 9.01. The third kappa shape index (κ3) is 2.59. The summed E-state index contributed by atoms with van der Waals surface area (Å²) in [7, 11) is -2.90. The number of carbonyl (C=O) groups is 1. The second kappa shape index (κ2) is 5.17. The second-order valence-electron chi connectivity index (χ2n) is 6.30. The van der Waals surface area contributed by atoms with Crippen molar-refractivity contribution in [2.24, 2.45) is 11.8 Å². The van der Waals surface area contributed by atoms with Crippen LogP contribution in [0.25, 0.3) is 0 Å². The topological polar surface area (TPSA) is 60.4 Å². The van der Waals surface area contributed by atoms with Crippen LogP contribution in [-0.4, -0.2) is 37.9 Å². The van der Waals surface area contributed by atoms with Crippen molar-refractivity contribution in [2.45, 2.75) is 55.4 Å². The Morgan fingerprint density at radius 1 is 1.00 bits per heavy atom. The standard InChI is InChI=1S/C14H22O4S/c15-14(7-10-3-5-18-6-4-10)11-8-12-1-2-13(9-11)19(12,16)17/h10-13H,1-9H2. The minimum absolute atomic E-state index is 0.00358. The Morgan fingerprint density at radius 3 is 2.16 bits per heavy atom. The molecular weight excluding hydrogens is 264 g/mol. The summed E-state index contributed by atoms with van der Waals surface area (Å²) < 4.78 is 29.3. The van der Waals surface area contributed by atoms with Gasteiger partial charge in [-0.3, -0.25) is 4.79 Å². The number of hydrogen-bond donors (Lipinski definition) is 0. The van der Waals surface area contributed by atoms with Crippen molar-refractivity contribution in [3.8, 4) is 0 Å². The molecule has 2 unspecified atom stereocenters.